The van der Waals surface area contributed by atoms with Crippen molar-refractivity contribution in [2.75, 3.05) is 5.75 Å². The molecule has 0 bridgehead atoms. The van der Waals surface area contributed by atoms with Crippen molar-refractivity contribution in [3.63, 3.8) is 0 Å². The Morgan fingerprint density at radius 3 is 2.53 bits per heavy atom. The number of nitrogens with zero attached hydrogens (tertiary/aromatic N) is 1. The standard InChI is InChI=1S/C13H22N2OS/c1-9(2)10(3)17-7-12(16)15-13(4,8-14)11-5-6-11/h9-11H,5-7H2,1-4H3,(H,15,16)/t10-,13-/m0/s1. The predicted octanol–water partition coefficient (Wildman–Crippen LogP) is 2.57. The number of thioether (sulfide) groups is 1. The van der Waals surface area contributed by atoms with Crippen molar-refractivity contribution in [3.8, 4) is 6.07 Å². The molecule has 0 aliphatic heterocycles. The van der Waals surface area contributed by atoms with E-state index in [0.29, 0.717) is 22.8 Å². The first-order chi connectivity index (χ1) is 7.89. The van der Waals surface area contributed by atoms with Crippen molar-refractivity contribution in [1.82, 2.24) is 5.32 Å². The number of carbonyl (C=O) groups excluding carboxylic acids is 1. The van der Waals surface area contributed by atoms with Crippen molar-refractivity contribution in [3.05, 3.63) is 0 Å². The van der Waals surface area contributed by atoms with Crippen LogP contribution in [-0.4, -0.2) is 22.4 Å². The van der Waals surface area contributed by atoms with Gasteiger partial charge in [0.25, 0.3) is 0 Å². The Morgan fingerprint density at radius 2 is 2.12 bits per heavy atom. The summed E-state index contributed by atoms with van der Waals surface area (Å²) in [6.45, 7) is 8.27. The molecule has 1 fully saturated rings. The molecule has 1 N–H and O–H groups in total. The maximum absolute atomic E-state index is 11.8. The smallest absolute Gasteiger partial charge is 0.231 e. The van der Waals surface area contributed by atoms with Gasteiger partial charge < -0.3 is 5.32 Å². The van der Waals surface area contributed by atoms with Gasteiger partial charge in [0.1, 0.15) is 5.54 Å². The van der Waals surface area contributed by atoms with Crippen LogP contribution in [0.1, 0.15) is 40.5 Å². The van der Waals surface area contributed by atoms with Crippen LogP contribution in [0.15, 0.2) is 0 Å². The monoisotopic (exact) mass is 254 g/mol. The summed E-state index contributed by atoms with van der Waals surface area (Å²) < 4.78 is 0. The molecule has 0 aromatic carbocycles. The number of carbonyl (C=O) groups is 1. The molecular formula is C13H22N2OS. The normalized spacial score (nSPS) is 20.5. The molecular weight excluding hydrogens is 232 g/mol. The van der Waals surface area contributed by atoms with Crippen LogP contribution in [-0.2, 0) is 4.79 Å². The minimum atomic E-state index is -0.654. The molecule has 0 heterocycles. The van der Waals surface area contributed by atoms with E-state index in [1.54, 1.807) is 11.8 Å². The van der Waals surface area contributed by atoms with E-state index in [4.69, 9.17) is 5.26 Å². The van der Waals surface area contributed by atoms with Gasteiger partial charge in [0, 0.05) is 5.25 Å². The van der Waals surface area contributed by atoms with Crippen molar-refractivity contribution in [2.24, 2.45) is 11.8 Å². The summed E-state index contributed by atoms with van der Waals surface area (Å²) in [5.74, 6) is 1.35. The predicted molar refractivity (Wildman–Crippen MR) is 71.6 cm³/mol. The molecule has 0 radical (unpaired) electrons. The Bertz CT molecular complexity index is 320. The Kier molecular flexibility index (Phi) is 4.88. The second-order valence-electron chi connectivity index (χ2n) is 5.40. The second kappa shape index (κ2) is 5.77. The third-order valence-corrected chi connectivity index (χ3v) is 4.94. The lowest BCUT2D eigenvalue weighted by Gasteiger charge is -2.23. The topological polar surface area (TPSA) is 52.9 Å². The summed E-state index contributed by atoms with van der Waals surface area (Å²) in [5, 5.41) is 12.5. The maximum Gasteiger partial charge on any atom is 0.231 e. The van der Waals surface area contributed by atoms with Gasteiger partial charge in [-0.3, -0.25) is 4.79 Å². The lowest BCUT2D eigenvalue weighted by atomic mass is 9.98. The average molecular weight is 254 g/mol. The molecule has 1 aliphatic rings. The van der Waals surface area contributed by atoms with E-state index in [1.807, 2.05) is 6.92 Å². The molecule has 4 heteroatoms. The second-order valence-corrected chi connectivity index (χ2v) is 6.76. The first-order valence-corrected chi connectivity index (χ1v) is 7.27. The number of nitrogens with one attached hydrogen (secondary N) is 1. The van der Waals surface area contributed by atoms with E-state index < -0.39 is 5.54 Å². The van der Waals surface area contributed by atoms with Gasteiger partial charge in [-0.15, -0.1) is 11.8 Å². The fraction of sp³-hybridized carbons (Fsp3) is 0.846. The quantitative estimate of drug-likeness (QED) is 0.792. The van der Waals surface area contributed by atoms with Crippen LogP contribution in [0, 0.1) is 23.2 Å². The molecule has 2 atom stereocenters. The van der Waals surface area contributed by atoms with Gasteiger partial charge in [-0.25, -0.2) is 0 Å². The van der Waals surface area contributed by atoms with Crippen molar-refractivity contribution >= 4 is 17.7 Å². The van der Waals surface area contributed by atoms with Crippen LogP contribution in [0.2, 0.25) is 0 Å². The Labute approximate surface area is 108 Å². The average Bonchev–Trinajstić information content (AvgIpc) is 3.09. The fourth-order valence-electron chi connectivity index (χ4n) is 1.61. The largest absolute Gasteiger partial charge is 0.337 e. The Morgan fingerprint density at radius 1 is 1.53 bits per heavy atom. The number of nitriles is 1. The molecule has 1 aliphatic carbocycles. The number of amides is 1. The SMILES string of the molecule is CC(C)[C@H](C)SCC(=O)N[C@@](C)(C#N)C1CC1. The van der Waals surface area contributed by atoms with Crippen LogP contribution >= 0.6 is 11.8 Å². The van der Waals surface area contributed by atoms with Crippen LogP contribution in [0.25, 0.3) is 0 Å². The Hall–Kier alpha value is -0.690. The molecule has 0 aromatic rings. The van der Waals surface area contributed by atoms with Gasteiger partial charge in [-0.05, 0) is 31.6 Å². The van der Waals surface area contributed by atoms with Gasteiger partial charge >= 0.3 is 0 Å². The number of hydrogen-bond donors (Lipinski definition) is 1. The lowest BCUT2D eigenvalue weighted by molar-refractivity contribution is -0.119. The third kappa shape index (κ3) is 4.23. The summed E-state index contributed by atoms with van der Waals surface area (Å²) in [6.07, 6.45) is 2.11. The van der Waals surface area contributed by atoms with E-state index in [0.717, 1.165) is 12.8 Å². The molecule has 1 amide bonds. The van der Waals surface area contributed by atoms with Crippen molar-refractivity contribution in [2.45, 2.75) is 51.3 Å². The summed E-state index contributed by atoms with van der Waals surface area (Å²) >= 11 is 1.65. The molecule has 0 saturated heterocycles. The van der Waals surface area contributed by atoms with Crippen molar-refractivity contribution < 1.29 is 4.79 Å². The van der Waals surface area contributed by atoms with Gasteiger partial charge in [-0.2, -0.15) is 5.26 Å². The zero-order valence-corrected chi connectivity index (χ0v) is 11.9. The van der Waals surface area contributed by atoms with Gasteiger partial charge in [-0.1, -0.05) is 20.8 Å². The van der Waals surface area contributed by atoms with Crippen LogP contribution in [0.5, 0.6) is 0 Å². The summed E-state index contributed by atoms with van der Waals surface area (Å²) in [5.41, 5.74) is -0.654. The highest BCUT2D eigenvalue weighted by molar-refractivity contribution is 8.00. The number of hydrogen-bond acceptors (Lipinski definition) is 3. The summed E-state index contributed by atoms with van der Waals surface area (Å²) in [6, 6.07) is 2.24. The minimum Gasteiger partial charge on any atom is -0.337 e. The first-order valence-electron chi connectivity index (χ1n) is 6.23. The molecule has 0 unspecified atom stereocenters. The lowest BCUT2D eigenvalue weighted by Crippen LogP contribution is -2.47. The molecule has 1 rings (SSSR count). The molecule has 0 aromatic heterocycles. The highest BCUT2D eigenvalue weighted by atomic mass is 32.2. The van der Waals surface area contributed by atoms with Crippen LogP contribution in [0.3, 0.4) is 0 Å². The maximum atomic E-state index is 11.8. The van der Waals surface area contributed by atoms with Crippen LogP contribution in [0.4, 0.5) is 0 Å². The zero-order chi connectivity index (χ0) is 13.1. The zero-order valence-electron chi connectivity index (χ0n) is 11.1. The van der Waals surface area contributed by atoms with Crippen LogP contribution < -0.4 is 5.32 Å². The van der Waals surface area contributed by atoms with Gasteiger partial charge in [0.2, 0.25) is 5.91 Å². The third-order valence-electron chi connectivity index (χ3n) is 3.44. The molecule has 96 valence electrons. The minimum absolute atomic E-state index is 0.0153. The fourth-order valence-corrected chi connectivity index (χ4v) is 2.48. The summed E-state index contributed by atoms with van der Waals surface area (Å²) in [4.78, 5) is 11.8. The van der Waals surface area contributed by atoms with Gasteiger partial charge in [0.15, 0.2) is 0 Å². The van der Waals surface area contributed by atoms with E-state index in [2.05, 4.69) is 32.2 Å². The van der Waals surface area contributed by atoms with E-state index in [1.165, 1.54) is 0 Å². The summed E-state index contributed by atoms with van der Waals surface area (Å²) in [7, 11) is 0. The van der Waals surface area contributed by atoms with E-state index in [9.17, 15) is 4.79 Å². The highest BCUT2D eigenvalue weighted by Crippen LogP contribution is 2.39. The van der Waals surface area contributed by atoms with Crippen molar-refractivity contribution in [1.29, 1.82) is 5.26 Å². The molecule has 1 saturated carbocycles. The molecule has 17 heavy (non-hydrogen) atoms. The Balaban J connectivity index is 2.36. The van der Waals surface area contributed by atoms with E-state index in [-0.39, 0.29) is 5.91 Å². The number of rotatable bonds is 6. The van der Waals surface area contributed by atoms with Gasteiger partial charge in [0.05, 0.1) is 11.8 Å². The molecule has 0 spiro atoms. The highest BCUT2D eigenvalue weighted by Gasteiger charge is 2.42. The molecule has 3 nitrogen and oxygen atoms in total. The first kappa shape index (κ1) is 14.4. The van der Waals surface area contributed by atoms with E-state index >= 15 is 0 Å².